The third-order valence-corrected chi connectivity index (χ3v) is 4.65. The minimum atomic E-state index is -0.150. The number of nitrogens with zero attached hydrogens (tertiary/aromatic N) is 4. The quantitative estimate of drug-likeness (QED) is 0.577. The predicted molar refractivity (Wildman–Crippen MR) is 109 cm³/mol. The van der Waals surface area contributed by atoms with Crippen LogP contribution in [0.4, 0.5) is 5.82 Å². The molecule has 0 aliphatic rings. The van der Waals surface area contributed by atoms with Crippen LogP contribution in [0, 0.1) is 13.8 Å². The van der Waals surface area contributed by atoms with Crippen molar-refractivity contribution in [3.63, 3.8) is 0 Å². The first-order chi connectivity index (χ1) is 13.6. The molecule has 2 aromatic heterocycles. The lowest BCUT2D eigenvalue weighted by Crippen LogP contribution is -2.22. The van der Waals surface area contributed by atoms with Gasteiger partial charge in [0.1, 0.15) is 12.4 Å². The zero-order chi connectivity index (χ0) is 19.5. The molecule has 4 aromatic rings. The lowest BCUT2D eigenvalue weighted by molar-refractivity contribution is -0.117. The van der Waals surface area contributed by atoms with Crippen molar-refractivity contribution < 1.29 is 4.79 Å². The van der Waals surface area contributed by atoms with Crippen LogP contribution in [0.5, 0.6) is 0 Å². The summed E-state index contributed by atoms with van der Waals surface area (Å²) in [4.78, 5) is 12.7. The molecule has 140 valence electrons. The Balaban J connectivity index is 1.54. The fourth-order valence-corrected chi connectivity index (χ4v) is 3.36. The number of carbonyl (C=O) groups excluding carboxylic acids is 1. The molecular weight excluding hydrogens is 350 g/mol. The highest BCUT2D eigenvalue weighted by molar-refractivity contribution is 5.90. The summed E-state index contributed by atoms with van der Waals surface area (Å²) in [6, 6.07) is 21.6. The zero-order valence-corrected chi connectivity index (χ0v) is 15.8. The summed E-state index contributed by atoms with van der Waals surface area (Å²) in [6.45, 7) is 4.09. The first-order valence-electron chi connectivity index (χ1n) is 9.12. The van der Waals surface area contributed by atoms with E-state index in [1.165, 1.54) is 0 Å². The van der Waals surface area contributed by atoms with Crippen molar-refractivity contribution in [3.05, 3.63) is 84.3 Å². The fourth-order valence-electron chi connectivity index (χ4n) is 3.36. The molecule has 0 saturated carbocycles. The summed E-state index contributed by atoms with van der Waals surface area (Å²) in [6.07, 6.45) is 1.67. The van der Waals surface area contributed by atoms with Gasteiger partial charge in [-0.25, -0.2) is 4.68 Å². The second kappa shape index (κ2) is 7.52. The van der Waals surface area contributed by atoms with Crippen molar-refractivity contribution >= 4 is 11.7 Å². The van der Waals surface area contributed by atoms with Gasteiger partial charge in [0.25, 0.3) is 0 Å². The minimum Gasteiger partial charge on any atom is -0.309 e. The smallest absolute Gasteiger partial charge is 0.247 e. The van der Waals surface area contributed by atoms with E-state index in [9.17, 15) is 4.79 Å². The maximum atomic E-state index is 12.7. The van der Waals surface area contributed by atoms with Crippen LogP contribution in [0.25, 0.3) is 16.8 Å². The van der Waals surface area contributed by atoms with E-state index >= 15 is 0 Å². The Morgan fingerprint density at radius 1 is 0.964 bits per heavy atom. The van der Waals surface area contributed by atoms with Crippen LogP contribution in [0.15, 0.2) is 72.9 Å². The first-order valence-corrected chi connectivity index (χ1v) is 9.12. The Morgan fingerprint density at radius 3 is 2.36 bits per heavy atom. The van der Waals surface area contributed by atoms with Crippen LogP contribution in [-0.2, 0) is 11.3 Å². The molecule has 0 aliphatic carbocycles. The molecule has 0 bridgehead atoms. The number of amides is 1. The van der Waals surface area contributed by atoms with Gasteiger partial charge in [-0.2, -0.15) is 10.2 Å². The summed E-state index contributed by atoms with van der Waals surface area (Å²) >= 11 is 0. The molecule has 6 nitrogen and oxygen atoms in total. The molecule has 1 amide bonds. The largest absolute Gasteiger partial charge is 0.309 e. The van der Waals surface area contributed by atoms with E-state index in [2.05, 4.69) is 27.6 Å². The molecule has 0 fully saturated rings. The minimum absolute atomic E-state index is 0.138. The SMILES string of the molecule is Cc1nn(CC(=O)Nc2ccnn2-c2ccccc2)c(C)c1-c1ccccc1. The number of hydrogen-bond donors (Lipinski definition) is 1. The van der Waals surface area contributed by atoms with Gasteiger partial charge < -0.3 is 5.32 Å². The monoisotopic (exact) mass is 371 g/mol. The number of benzene rings is 2. The normalized spacial score (nSPS) is 10.8. The molecule has 0 atom stereocenters. The second-order valence-electron chi connectivity index (χ2n) is 6.58. The average molecular weight is 371 g/mol. The molecule has 1 N–H and O–H groups in total. The number of aryl methyl sites for hydroxylation is 1. The topological polar surface area (TPSA) is 64.7 Å². The van der Waals surface area contributed by atoms with E-state index in [1.54, 1.807) is 21.6 Å². The molecule has 0 saturated heterocycles. The third kappa shape index (κ3) is 3.44. The summed E-state index contributed by atoms with van der Waals surface area (Å²) in [5, 5.41) is 11.8. The Hall–Kier alpha value is -3.67. The number of carbonyl (C=O) groups is 1. The number of nitrogens with one attached hydrogen (secondary N) is 1. The van der Waals surface area contributed by atoms with Crippen LogP contribution < -0.4 is 5.32 Å². The van der Waals surface area contributed by atoms with Crippen LogP contribution >= 0.6 is 0 Å². The maximum Gasteiger partial charge on any atom is 0.247 e. The third-order valence-electron chi connectivity index (χ3n) is 4.65. The lowest BCUT2D eigenvalue weighted by atomic mass is 10.0. The summed E-state index contributed by atoms with van der Waals surface area (Å²) in [5.74, 6) is 0.476. The number of hydrogen-bond acceptors (Lipinski definition) is 3. The van der Waals surface area contributed by atoms with Crippen molar-refractivity contribution in [3.8, 4) is 16.8 Å². The molecule has 2 heterocycles. The average Bonchev–Trinajstić information content (AvgIpc) is 3.27. The summed E-state index contributed by atoms with van der Waals surface area (Å²) in [5.41, 5.74) is 4.94. The van der Waals surface area contributed by atoms with E-state index in [1.807, 2.05) is 62.4 Å². The van der Waals surface area contributed by atoms with E-state index in [0.717, 1.165) is 28.2 Å². The van der Waals surface area contributed by atoms with Gasteiger partial charge in [0.05, 0.1) is 17.6 Å². The van der Waals surface area contributed by atoms with Gasteiger partial charge in [-0.1, -0.05) is 48.5 Å². The Bertz CT molecular complexity index is 1100. The van der Waals surface area contributed by atoms with Crippen molar-refractivity contribution in [2.75, 3.05) is 5.32 Å². The molecule has 0 aliphatic heterocycles. The van der Waals surface area contributed by atoms with E-state index in [4.69, 9.17) is 0 Å². The second-order valence-corrected chi connectivity index (χ2v) is 6.58. The Kier molecular flexibility index (Phi) is 4.76. The highest BCUT2D eigenvalue weighted by atomic mass is 16.2. The number of anilines is 1. The van der Waals surface area contributed by atoms with Crippen LogP contribution in [0.3, 0.4) is 0 Å². The molecule has 0 unspecified atom stereocenters. The highest BCUT2D eigenvalue weighted by Crippen LogP contribution is 2.26. The van der Waals surface area contributed by atoms with Crippen LogP contribution in [0.2, 0.25) is 0 Å². The van der Waals surface area contributed by atoms with Gasteiger partial charge in [-0.15, -0.1) is 0 Å². The van der Waals surface area contributed by atoms with Gasteiger partial charge in [0.15, 0.2) is 0 Å². The number of rotatable bonds is 5. The Labute approximate surface area is 163 Å². The lowest BCUT2D eigenvalue weighted by Gasteiger charge is -2.10. The van der Waals surface area contributed by atoms with E-state index < -0.39 is 0 Å². The standard InChI is InChI=1S/C22H21N5O/c1-16-22(18-9-5-3-6-10-18)17(2)26(25-16)15-21(28)24-20-13-14-23-27(20)19-11-7-4-8-12-19/h3-14H,15H2,1-2H3,(H,24,28). The highest BCUT2D eigenvalue weighted by Gasteiger charge is 2.16. The summed E-state index contributed by atoms with van der Waals surface area (Å²) < 4.78 is 3.45. The van der Waals surface area contributed by atoms with Gasteiger partial charge >= 0.3 is 0 Å². The van der Waals surface area contributed by atoms with Crippen molar-refractivity contribution in [2.24, 2.45) is 0 Å². The molecule has 0 radical (unpaired) electrons. The first kappa shape index (κ1) is 17.7. The van der Waals surface area contributed by atoms with Crippen LogP contribution in [0.1, 0.15) is 11.4 Å². The maximum absolute atomic E-state index is 12.7. The number of aromatic nitrogens is 4. The van der Waals surface area contributed by atoms with Crippen molar-refractivity contribution in [1.29, 1.82) is 0 Å². The van der Waals surface area contributed by atoms with E-state index in [-0.39, 0.29) is 12.5 Å². The van der Waals surface area contributed by atoms with Crippen molar-refractivity contribution in [2.45, 2.75) is 20.4 Å². The molecule has 28 heavy (non-hydrogen) atoms. The molecule has 0 spiro atoms. The predicted octanol–water partition coefficient (Wildman–Crippen LogP) is 3.99. The van der Waals surface area contributed by atoms with Gasteiger partial charge in [0.2, 0.25) is 5.91 Å². The zero-order valence-electron chi connectivity index (χ0n) is 15.8. The summed E-state index contributed by atoms with van der Waals surface area (Å²) in [7, 11) is 0. The van der Waals surface area contributed by atoms with Crippen LogP contribution in [-0.4, -0.2) is 25.5 Å². The van der Waals surface area contributed by atoms with Gasteiger partial charge in [0, 0.05) is 17.3 Å². The molecule has 4 rings (SSSR count). The molecule has 2 aromatic carbocycles. The molecular formula is C22H21N5O. The molecule has 6 heteroatoms. The fraction of sp³-hybridized carbons (Fsp3) is 0.136. The Morgan fingerprint density at radius 2 is 1.64 bits per heavy atom. The van der Waals surface area contributed by atoms with Crippen molar-refractivity contribution in [1.82, 2.24) is 19.6 Å². The van der Waals surface area contributed by atoms with E-state index in [0.29, 0.717) is 5.82 Å². The number of para-hydroxylation sites is 1. The van der Waals surface area contributed by atoms with Gasteiger partial charge in [-0.05, 0) is 31.5 Å². The van der Waals surface area contributed by atoms with Gasteiger partial charge in [-0.3, -0.25) is 9.48 Å².